The first-order chi connectivity index (χ1) is 14.8. The maximum atomic E-state index is 12.4. The van der Waals surface area contributed by atoms with Crippen molar-refractivity contribution in [3.63, 3.8) is 0 Å². The van der Waals surface area contributed by atoms with Crippen LogP contribution >= 0.6 is 0 Å². The average Bonchev–Trinajstić information content (AvgIpc) is 3.22. The summed E-state index contributed by atoms with van der Waals surface area (Å²) in [6, 6.07) is 12.5. The summed E-state index contributed by atoms with van der Waals surface area (Å²) in [4.78, 5) is 12.6. The molecule has 0 atom stereocenters. The summed E-state index contributed by atoms with van der Waals surface area (Å²) < 4.78 is 30.0. The molecule has 0 spiro atoms. The zero-order valence-corrected chi connectivity index (χ0v) is 18.4. The second-order valence-electron chi connectivity index (χ2n) is 8.07. The van der Waals surface area contributed by atoms with Gasteiger partial charge in [0.25, 0.3) is 0 Å². The number of rotatable bonds is 6. The number of nitrogens with zero attached hydrogens (tertiary/aromatic N) is 2. The Bertz CT molecular complexity index is 1200. The normalized spacial score (nSPS) is 13.8. The van der Waals surface area contributed by atoms with Crippen LogP contribution in [0.25, 0.3) is 11.5 Å². The van der Waals surface area contributed by atoms with Crippen molar-refractivity contribution in [2.24, 2.45) is 0 Å². The van der Waals surface area contributed by atoms with Crippen molar-refractivity contribution in [1.82, 2.24) is 10.2 Å². The van der Waals surface area contributed by atoms with Gasteiger partial charge in [0.15, 0.2) is 9.84 Å². The minimum atomic E-state index is -3.33. The van der Waals surface area contributed by atoms with E-state index in [2.05, 4.69) is 27.6 Å². The van der Waals surface area contributed by atoms with Gasteiger partial charge in [-0.1, -0.05) is 23.3 Å². The van der Waals surface area contributed by atoms with Crippen molar-refractivity contribution in [2.75, 3.05) is 5.32 Å². The van der Waals surface area contributed by atoms with Crippen molar-refractivity contribution in [2.45, 2.75) is 56.1 Å². The van der Waals surface area contributed by atoms with Crippen LogP contribution < -0.4 is 5.32 Å². The predicted molar refractivity (Wildman–Crippen MR) is 117 cm³/mol. The van der Waals surface area contributed by atoms with Crippen LogP contribution in [0.4, 0.5) is 6.01 Å². The number of benzene rings is 2. The Morgan fingerprint density at radius 2 is 1.74 bits per heavy atom. The first-order valence-corrected chi connectivity index (χ1v) is 12.0. The van der Waals surface area contributed by atoms with Crippen LogP contribution in [0.2, 0.25) is 0 Å². The topological polar surface area (TPSA) is 102 Å². The van der Waals surface area contributed by atoms with Crippen LogP contribution in [0, 0.1) is 0 Å². The van der Waals surface area contributed by atoms with Gasteiger partial charge in [0.05, 0.1) is 16.6 Å². The van der Waals surface area contributed by atoms with Crippen molar-refractivity contribution in [3.05, 3.63) is 59.2 Å². The van der Waals surface area contributed by atoms with Gasteiger partial charge in [-0.2, -0.15) is 0 Å². The predicted octanol–water partition coefficient (Wildman–Crippen LogP) is 3.98. The van der Waals surface area contributed by atoms with Gasteiger partial charge in [0.1, 0.15) is 0 Å². The molecule has 0 saturated carbocycles. The molecule has 7 nitrogen and oxygen atoms in total. The molecule has 0 saturated heterocycles. The number of sulfone groups is 1. The number of hydrogen-bond acceptors (Lipinski definition) is 6. The number of hydrogen-bond donors (Lipinski definition) is 1. The molecule has 2 aromatic carbocycles. The standard InChI is InChI=1S/C23H25N3O4S/c1-15(2)31(28,29)20-11-7-16(8-12-20)13-21(27)24-23-26-25-22(30-23)19-10-9-17-5-3-4-6-18(17)14-19/h7-12,14-15H,3-6,13H2,1-2H3,(H,24,26,27). The van der Waals surface area contributed by atoms with E-state index >= 15 is 0 Å². The van der Waals surface area contributed by atoms with Gasteiger partial charge < -0.3 is 4.42 Å². The number of nitrogens with one attached hydrogen (secondary N) is 1. The summed E-state index contributed by atoms with van der Waals surface area (Å²) in [5.74, 6) is 0.0482. The zero-order valence-electron chi connectivity index (χ0n) is 17.6. The lowest BCUT2D eigenvalue weighted by Crippen LogP contribution is -2.16. The Labute approximate surface area is 181 Å². The number of aromatic nitrogens is 2. The highest BCUT2D eigenvalue weighted by atomic mass is 32.2. The third kappa shape index (κ3) is 4.69. The smallest absolute Gasteiger partial charge is 0.322 e. The lowest BCUT2D eigenvalue weighted by molar-refractivity contribution is -0.115. The summed E-state index contributed by atoms with van der Waals surface area (Å²) in [5.41, 5.74) is 4.22. The van der Waals surface area contributed by atoms with Gasteiger partial charge in [-0.25, -0.2) is 8.42 Å². The summed E-state index contributed by atoms with van der Waals surface area (Å²) in [7, 11) is -3.33. The van der Waals surface area contributed by atoms with Crippen LogP contribution in [0.5, 0.6) is 0 Å². The molecule has 1 aliphatic rings. The van der Waals surface area contributed by atoms with Gasteiger partial charge >= 0.3 is 6.01 Å². The third-order valence-electron chi connectivity index (χ3n) is 5.50. The van der Waals surface area contributed by atoms with Gasteiger partial charge in [0.2, 0.25) is 11.8 Å². The van der Waals surface area contributed by atoms with E-state index in [1.54, 1.807) is 26.0 Å². The number of aryl methyl sites for hydroxylation is 2. The maximum absolute atomic E-state index is 12.4. The van der Waals surface area contributed by atoms with E-state index in [1.807, 2.05) is 6.07 Å². The quantitative estimate of drug-likeness (QED) is 0.623. The van der Waals surface area contributed by atoms with E-state index in [1.165, 1.54) is 36.1 Å². The largest absolute Gasteiger partial charge is 0.403 e. The fraction of sp³-hybridized carbons (Fsp3) is 0.348. The first-order valence-electron chi connectivity index (χ1n) is 10.4. The molecule has 3 aromatic rings. The number of carbonyl (C=O) groups excluding carboxylic acids is 1. The van der Waals surface area contributed by atoms with Crippen molar-refractivity contribution in [3.8, 4) is 11.5 Å². The van der Waals surface area contributed by atoms with Crippen molar-refractivity contribution >= 4 is 21.8 Å². The molecule has 0 aliphatic heterocycles. The van der Waals surface area contributed by atoms with Crippen LogP contribution in [-0.4, -0.2) is 29.8 Å². The fourth-order valence-electron chi connectivity index (χ4n) is 3.67. The third-order valence-corrected chi connectivity index (χ3v) is 7.67. The Morgan fingerprint density at radius 3 is 2.45 bits per heavy atom. The second-order valence-corrected chi connectivity index (χ2v) is 10.6. The molecule has 31 heavy (non-hydrogen) atoms. The Hall–Kier alpha value is -3.00. The SMILES string of the molecule is CC(C)S(=O)(=O)c1ccc(CC(=O)Nc2nnc(-c3ccc4c(c3)CCCC4)o2)cc1. The molecule has 162 valence electrons. The second kappa shape index (κ2) is 8.63. The van der Waals surface area contributed by atoms with Crippen LogP contribution in [0.15, 0.2) is 51.8 Å². The van der Waals surface area contributed by atoms with E-state index in [0.717, 1.165) is 18.4 Å². The van der Waals surface area contributed by atoms with E-state index in [4.69, 9.17) is 4.42 Å². The van der Waals surface area contributed by atoms with E-state index < -0.39 is 15.1 Å². The molecule has 1 N–H and O–H groups in total. The number of fused-ring (bicyclic) bond motifs is 1. The molecular weight excluding hydrogens is 414 g/mol. The zero-order chi connectivity index (χ0) is 22.0. The highest BCUT2D eigenvalue weighted by Gasteiger charge is 2.19. The summed E-state index contributed by atoms with van der Waals surface area (Å²) >= 11 is 0. The van der Waals surface area contributed by atoms with Gasteiger partial charge in [-0.05, 0) is 80.5 Å². The van der Waals surface area contributed by atoms with Gasteiger partial charge in [0, 0.05) is 5.56 Å². The molecule has 0 fully saturated rings. The number of carbonyl (C=O) groups is 1. The Morgan fingerprint density at radius 1 is 1.03 bits per heavy atom. The fourth-order valence-corrected chi connectivity index (χ4v) is 4.73. The maximum Gasteiger partial charge on any atom is 0.322 e. The highest BCUT2D eigenvalue weighted by Crippen LogP contribution is 2.27. The van der Waals surface area contributed by atoms with Crippen LogP contribution in [-0.2, 0) is 33.9 Å². The summed E-state index contributed by atoms with van der Waals surface area (Å²) in [6.07, 6.45) is 4.63. The average molecular weight is 440 g/mol. The number of anilines is 1. The lowest BCUT2D eigenvalue weighted by Gasteiger charge is -2.15. The number of amides is 1. The summed E-state index contributed by atoms with van der Waals surface area (Å²) in [5, 5.41) is 10.1. The Kier molecular flexibility index (Phi) is 5.91. The molecule has 1 aliphatic carbocycles. The van der Waals surface area contributed by atoms with Gasteiger partial charge in [-0.15, -0.1) is 5.10 Å². The van der Waals surface area contributed by atoms with Crippen LogP contribution in [0.1, 0.15) is 43.4 Å². The molecule has 8 heteroatoms. The monoisotopic (exact) mass is 439 g/mol. The Balaban J connectivity index is 1.40. The van der Waals surface area contributed by atoms with Gasteiger partial charge in [-0.3, -0.25) is 10.1 Å². The molecule has 0 bridgehead atoms. The molecule has 0 unspecified atom stereocenters. The van der Waals surface area contributed by atoms with Crippen molar-refractivity contribution < 1.29 is 17.6 Å². The summed E-state index contributed by atoms with van der Waals surface area (Å²) in [6.45, 7) is 3.28. The van der Waals surface area contributed by atoms with E-state index in [-0.39, 0.29) is 23.2 Å². The molecular formula is C23H25N3O4S. The van der Waals surface area contributed by atoms with E-state index in [0.29, 0.717) is 11.5 Å². The molecule has 0 radical (unpaired) electrons. The highest BCUT2D eigenvalue weighted by molar-refractivity contribution is 7.92. The minimum Gasteiger partial charge on any atom is -0.403 e. The molecule has 1 amide bonds. The van der Waals surface area contributed by atoms with Crippen LogP contribution in [0.3, 0.4) is 0 Å². The first kappa shape index (κ1) is 21.2. The van der Waals surface area contributed by atoms with Crippen molar-refractivity contribution in [1.29, 1.82) is 0 Å². The molecule has 4 rings (SSSR count). The molecule has 1 heterocycles. The lowest BCUT2D eigenvalue weighted by atomic mass is 9.90. The minimum absolute atomic E-state index is 0.0386. The molecule has 1 aromatic heterocycles. The van der Waals surface area contributed by atoms with E-state index in [9.17, 15) is 13.2 Å².